The first-order valence-electron chi connectivity index (χ1n) is 4.30. The lowest BCUT2D eigenvalue weighted by molar-refractivity contribution is 0.753. The number of fused-ring (bicyclic) bond motifs is 1. The zero-order valence-corrected chi connectivity index (χ0v) is 7.51. The van der Waals surface area contributed by atoms with Crippen LogP contribution < -0.4 is 5.73 Å². The van der Waals surface area contributed by atoms with Crippen molar-refractivity contribution in [3.63, 3.8) is 0 Å². The van der Waals surface area contributed by atoms with Gasteiger partial charge in [0.15, 0.2) is 5.65 Å². The van der Waals surface area contributed by atoms with Crippen LogP contribution in [-0.2, 0) is 0 Å². The van der Waals surface area contributed by atoms with Crippen LogP contribution in [0.1, 0.15) is 18.4 Å². The third-order valence-electron chi connectivity index (χ3n) is 2.19. The Morgan fingerprint density at radius 1 is 1.62 bits per heavy atom. The summed E-state index contributed by atoms with van der Waals surface area (Å²) in [5.74, 6) is 0.334. The van der Waals surface area contributed by atoms with Crippen molar-refractivity contribution in [2.24, 2.45) is 5.73 Å². The molecule has 2 N–H and O–H groups in total. The van der Waals surface area contributed by atoms with Gasteiger partial charge in [-0.2, -0.15) is 5.10 Å². The molecule has 0 aromatic carbocycles. The minimum atomic E-state index is 0.334. The van der Waals surface area contributed by atoms with E-state index >= 15 is 0 Å². The van der Waals surface area contributed by atoms with Crippen LogP contribution in [0.4, 0.5) is 0 Å². The lowest BCUT2D eigenvalue weighted by Gasteiger charge is -2.07. The molecule has 0 aliphatic carbocycles. The maximum absolute atomic E-state index is 5.57. The predicted octanol–water partition coefficient (Wildman–Crippen LogP) is 0.792. The lowest BCUT2D eigenvalue weighted by Crippen LogP contribution is -2.10. The summed E-state index contributed by atoms with van der Waals surface area (Å²) in [7, 11) is 0. The van der Waals surface area contributed by atoms with Gasteiger partial charge >= 0.3 is 0 Å². The smallest absolute Gasteiger partial charge is 0.154 e. The van der Waals surface area contributed by atoms with E-state index in [0.717, 1.165) is 11.2 Å². The monoisotopic (exact) mass is 176 g/mol. The molecule has 1 unspecified atom stereocenters. The number of rotatable bonds is 2. The molecular weight excluding hydrogens is 164 g/mol. The minimum Gasteiger partial charge on any atom is -0.330 e. The second kappa shape index (κ2) is 3.14. The van der Waals surface area contributed by atoms with Crippen molar-refractivity contribution >= 4 is 5.65 Å². The quantitative estimate of drug-likeness (QED) is 0.736. The first kappa shape index (κ1) is 8.19. The van der Waals surface area contributed by atoms with Crippen molar-refractivity contribution < 1.29 is 0 Å². The van der Waals surface area contributed by atoms with Crippen LogP contribution >= 0.6 is 0 Å². The standard InChI is InChI=1S/C9H12N4/c1-7(4-10)8-5-11-9-2-3-12-13(9)6-8/h2-3,5-7H,4,10H2,1H3. The Hall–Kier alpha value is -1.42. The summed E-state index contributed by atoms with van der Waals surface area (Å²) in [5.41, 5.74) is 7.56. The highest BCUT2D eigenvalue weighted by Gasteiger charge is 2.04. The first-order valence-corrected chi connectivity index (χ1v) is 4.30. The van der Waals surface area contributed by atoms with Crippen LogP contribution in [0.25, 0.3) is 5.65 Å². The highest BCUT2D eigenvalue weighted by molar-refractivity contribution is 5.36. The van der Waals surface area contributed by atoms with Crippen LogP contribution in [0.5, 0.6) is 0 Å². The molecule has 2 aromatic rings. The Morgan fingerprint density at radius 3 is 3.23 bits per heavy atom. The van der Waals surface area contributed by atoms with E-state index in [0.29, 0.717) is 12.5 Å². The zero-order chi connectivity index (χ0) is 9.26. The third kappa shape index (κ3) is 1.40. The van der Waals surface area contributed by atoms with Gasteiger partial charge in [-0.1, -0.05) is 6.92 Å². The van der Waals surface area contributed by atoms with E-state index in [2.05, 4.69) is 17.0 Å². The molecule has 4 nitrogen and oxygen atoms in total. The van der Waals surface area contributed by atoms with Crippen molar-refractivity contribution in [2.45, 2.75) is 12.8 Å². The molecule has 2 heterocycles. The summed E-state index contributed by atoms with van der Waals surface area (Å²) in [4.78, 5) is 4.26. The number of hydrogen-bond acceptors (Lipinski definition) is 3. The molecule has 0 saturated carbocycles. The fourth-order valence-corrected chi connectivity index (χ4v) is 1.21. The topological polar surface area (TPSA) is 56.2 Å². The molecule has 2 aromatic heterocycles. The van der Waals surface area contributed by atoms with Gasteiger partial charge in [-0.05, 0) is 18.0 Å². The number of aromatic nitrogens is 3. The fraction of sp³-hybridized carbons (Fsp3) is 0.333. The molecule has 0 amide bonds. The van der Waals surface area contributed by atoms with E-state index in [-0.39, 0.29) is 0 Å². The highest BCUT2D eigenvalue weighted by atomic mass is 15.2. The summed E-state index contributed by atoms with van der Waals surface area (Å²) in [6.07, 6.45) is 5.56. The first-order chi connectivity index (χ1) is 6.31. The van der Waals surface area contributed by atoms with Crippen molar-refractivity contribution in [3.05, 3.63) is 30.2 Å². The summed E-state index contributed by atoms with van der Waals surface area (Å²) in [6, 6.07) is 1.87. The van der Waals surface area contributed by atoms with Crippen LogP contribution in [0.3, 0.4) is 0 Å². The average molecular weight is 176 g/mol. The molecule has 1 atom stereocenters. The maximum Gasteiger partial charge on any atom is 0.154 e. The van der Waals surface area contributed by atoms with E-state index < -0.39 is 0 Å². The Kier molecular flexibility index (Phi) is 1.98. The van der Waals surface area contributed by atoms with E-state index in [1.807, 2.05) is 18.5 Å². The minimum absolute atomic E-state index is 0.334. The van der Waals surface area contributed by atoms with Crippen molar-refractivity contribution in [3.8, 4) is 0 Å². The Balaban J connectivity index is 2.48. The molecule has 0 spiro atoms. The maximum atomic E-state index is 5.57. The van der Waals surface area contributed by atoms with Crippen LogP contribution in [0.15, 0.2) is 24.7 Å². The van der Waals surface area contributed by atoms with Gasteiger partial charge < -0.3 is 5.73 Å². The van der Waals surface area contributed by atoms with Gasteiger partial charge in [-0.3, -0.25) is 0 Å². The summed E-state index contributed by atoms with van der Waals surface area (Å²) in [5, 5.41) is 4.11. The van der Waals surface area contributed by atoms with Crippen LogP contribution in [0, 0.1) is 0 Å². The van der Waals surface area contributed by atoms with Gasteiger partial charge in [0.1, 0.15) is 0 Å². The SMILES string of the molecule is CC(CN)c1cnc2ccnn2c1. The summed E-state index contributed by atoms with van der Waals surface area (Å²) < 4.78 is 1.77. The van der Waals surface area contributed by atoms with Gasteiger partial charge in [-0.15, -0.1) is 0 Å². The fourth-order valence-electron chi connectivity index (χ4n) is 1.21. The second-order valence-electron chi connectivity index (χ2n) is 3.16. The molecule has 0 aliphatic rings. The Bertz CT molecular complexity index is 407. The van der Waals surface area contributed by atoms with Gasteiger partial charge in [0.2, 0.25) is 0 Å². The molecule has 68 valence electrons. The van der Waals surface area contributed by atoms with Crippen molar-refractivity contribution in [1.82, 2.24) is 14.6 Å². The summed E-state index contributed by atoms with van der Waals surface area (Å²) >= 11 is 0. The Morgan fingerprint density at radius 2 is 2.46 bits per heavy atom. The second-order valence-corrected chi connectivity index (χ2v) is 3.16. The van der Waals surface area contributed by atoms with Gasteiger partial charge in [0.05, 0.1) is 6.20 Å². The van der Waals surface area contributed by atoms with Crippen LogP contribution in [0.2, 0.25) is 0 Å². The molecular formula is C9H12N4. The third-order valence-corrected chi connectivity index (χ3v) is 2.19. The lowest BCUT2D eigenvalue weighted by atomic mass is 10.1. The van der Waals surface area contributed by atoms with E-state index in [1.165, 1.54) is 0 Å². The van der Waals surface area contributed by atoms with Gasteiger partial charge in [0.25, 0.3) is 0 Å². The average Bonchev–Trinajstić information content (AvgIpc) is 2.63. The van der Waals surface area contributed by atoms with Crippen molar-refractivity contribution in [1.29, 1.82) is 0 Å². The largest absolute Gasteiger partial charge is 0.330 e. The molecule has 0 saturated heterocycles. The molecule has 13 heavy (non-hydrogen) atoms. The van der Waals surface area contributed by atoms with Gasteiger partial charge in [-0.25, -0.2) is 9.50 Å². The van der Waals surface area contributed by atoms with Gasteiger partial charge in [0, 0.05) is 18.5 Å². The number of nitrogens with two attached hydrogens (primary N) is 1. The molecule has 4 heteroatoms. The number of nitrogens with zero attached hydrogens (tertiary/aromatic N) is 3. The normalized spacial score (nSPS) is 13.4. The molecule has 2 rings (SSSR count). The molecule has 0 fully saturated rings. The zero-order valence-electron chi connectivity index (χ0n) is 7.51. The molecule has 0 aliphatic heterocycles. The van der Waals surface area contributed by atoms with E-state index in [4.69, 9.17) is 5.73 Å². The predicted molar refractivity (Wildman–Crippen MR) is 50.5 cm³/mol. The molecule has 0 radical (unpaired) electrons. The highest BCUT2D eigenvalue weighted by Crippen LogP contribution is 2.12. The van der Waals surface area contributed by atoms with E-state index in [1.54, 1.807) is 10.7 Å². The van der Waals surface area contributed by atoms with E-state index in [9.17, 15) is 0 Å². The summed E-state index contributed by atoms with van der Waals surface area (Å²) in [6.45, 7) is 2.71. The Labute approximate surface area is 76.4 Å². The van der Waals surface area contributed by atoms with Crippen LogP contribution in [-0.4, -0.2) is 21.1 Å². The number of hydrogen-bond donors (Lipinski definition) is 1. The van der Waals surface area contributed by atoms with Crippen molar-refractivity contribution in [2.75, 3.05) is 6.54 Å². The molecule has 0 bridgehead atoms.